The monoisotopic (exact) mass is 295 g/mol. The lowest BCUT2D eigenvalue weighted by molar-refractivity contribution is 0.128. The molecule has 0 heterocycles. The fraction of sp³-hybridized carbons (Fsp3) is 1.00. The maximum atomic E-state index is 11.0. The summed E-state index contributed by atoms with van der Waals surface area (Å²) in [4.78, 5) is 35.4. The molecular formula is C6H18O7P3+. The summed E-state index contributed by atoms with van der Waals surface area (Å²) in [5, 5.41) is 6.28. The van der Waals surface area contributed by atoms with Gasteiger partial charge in [-0.2, -0.15) is 0 Å². The van der Waals surface area contributed by atoms with Crippen molar-refractivity contribution in [3.63, 3.8) is 0 Å². The van der Waals surface area contributed by atoms with Crippen LogP contribution in [0.15, 0.2) is 0 Å². The molecule has 16 heavy (non-hydrogen) atoms. The summed E-state index contributed by atoms with van der Waals surface area (Å²) >= 11 is 0. The van der Waals surface area contributed by atoms with Crippen molar-refractivity contribution in [1.29, 1.82) is 0 Å². The molecule has 0 unspecified atom stereocenters. The molecule has 0 bridgehead atoms. The summed E-state index contributed by atoms with van der Waals surface area (Å²) < 4.78 is 22.0. The van der Waals surface area contributed by atoms with E-state index in [9.17, 15) is 14.2 Å². The molecule has 5 N–H and O–H groups in total. The Morgan fingerprint density at radius 1 is 1.00 bits per heavy atom. The molecule has 10 heteroatoms. The molecule has 0 aromatic rings. The minimum absolute atomic E-state index is 0.180. The van der Waals surface area contributed by atoms with Crippen LogP contribution in [0.2, 0.25) is 0 Å². The Morgan fingerprint density at radius 3 is 1.50 bits per heavy atom. The predicted molar refractivity (Wildman–Crippen MR) is 63.2 cm³/mol. The zero-order valence-corrected chi connectivity index (χ0v) is 12.0. The third-order valence-electron chi connectivity index (χ3n) is 2.05. The Bertz CT molecular complexity index is 313. The quantitative estimate of drug-likeness (QED) is 0.460. The molecule has 0 aliphatic heterocycles. The summed E-state index contributed by atoms with van der Waals surface area (Å²) in [6.45, 7) is 5.52. The number of rotatable bonds is 5. The Kier molecular flexibility index (Phi) is 4.96. The molecule has 0 aromatic carbocycles. The van der Waals surface area contributed by atoms with E-state index in [1.54, 1.807) is 0 Å². The van der Waals surface area contributed by atoms with E-state index >= 15 is 0 Å². The van der Waals surface area contributed by atoms with Gasteiger partial charge in [0.15, 0.2) is 0 Å². The highest BCUT2D eigenvalue weighted by molar-refractivity contribution is 7.74. The second-order valence-electron chi connectivity index (χ2n) is 4.63. The molecule has 0 fully saturated rings. The van der Waals surface area contributed by atoms with E-state index < -0.39 is 34.0 Å². The average molecular weight is 295 g/mol. The van der Waals surface area contributed by atoms with Gasteiger partial charge in [-0.1, -0.05) is 0 Å². The number of hydrogen-bond acceptors (Lipinski definition) is 3. The van der Waals surface area contributed by atoms with E-state index in [4.69, 9.17) is 19.6 Å². The minimum Gasteiger partial charge on any atom is -0.367 e. The van der Waals surface area contributed by atoms with Crippen LogP contribution in [-0.2, 0) is 9.13 Å². The predicted octanol–water partition coefficient (Wildman–Crippen LogP) is 0.285. The molecule has 0 aliphatic carbocycles. The topological polar surface area (TPSA) is 135 Å². The fourth-order valence-electron chi connectivity index (χ4n) is 0.946. The normalized spacial score (nSPS) is 15.2. The van der Waals surface area contributed by atoms with Gasteiger partial charge in [-0.3, -0.25) is 9.13 Å². The molecule has 0 aromatic heterocycles. The van der Waals surface area contributed by atoms with E-state index in [1.807, 2.05) is 20.0 Å². The third kappa shape index (κ3) is 4.17. The second-order valence-corrected chi connectivity index (χ2v) is 13.7. The van der Waals surface area contributed by atoms with Gasteiger partial charge in [-0.05, 0) is 0 Å². The van der Waals surface area contributed by atoms with Gasteiger partial charge < -0.3 is 24.7 Å². The van der Waals surface area contributed by atoms with Gasteiger partial charge in [0.05, 0.1) is 6.16 Å². The van der Waals surface area contributed by atoms with Crippen LogP contribution < -0.4 is 0 Å². The van der Waals surface area contributed by atoms with E-state index in [-0.39, 0.29) is 6.16 Å². The van der Waals surface area contributed by atoms with Crippen LogP contribution in [0.1, 0.15) is 6.42 Å². The number of aliphatic hydroxyl groups is 1. The summed E-state index contributed by atoms with van der Waals surface area (Å²) in [5.41, 5.74) is 0. The highest BCUT2D eigenvalue weighted by Crippen LogP contribution is 2.70. The van der Waals surface area contributed by atoms with Crippen molar-refractivity contribution in [3.8, 4) is 0 Å². The van der Waals surface area contributed by atoms with Crippen molar-refractivity contribution in [3.05, 3.63) is 0 Å². The first-order valence-corrected chi connectivity index (χ1v) is 10.9. The summed E-state index contributed by atoms with van der Waals surface area (Å²) in [5.74, 6) is 0. The Labute approximate surface area is 94.5 Å². The molecule has 7 nitrogen and oxygen atoms in total. The van der Waals surface area contributed by atoms with Crippen molar-refractivity contribution in [2.45, 2.75) is 11.5 Å². The molecule has 0 saturated heterocycles. The largest absolute Gasteiger partial charge is 0.369 e. The first-order chi connectivity index (χ1) is 6.71. The van der Waals surface area contributed by atoms with E-state index in [1.165, 1.54) is 0 Å². The summed E-state index contributed by atoms with van der Waals surface area (Å²) in [6.07, 6.45) is -0.432. The van der Waals surface area contributed by atoms with Gasteiger partial charge >= 0.3 is 15.2 Å². The van der Waals surface area contributed by atoms with Gasteiger partial charge in [0.2, 0.25) is 0 Å². The first-order valence-electron chi connectivity index (χ1n) is 4.35. The lowest BCUT2D eigenvalue weighted by Crippen LogP contribution is -2.30. The van der Waals surface area contributed by atoms with E-state index in [0.717, 1.165) is 0 Å². The van der Waals surface area contributed by atoms with Crippen molar-refractivity contribution < 1.29 is 33.8 Å². The molecule has 0 saturated carbocycles. The van der Waals surface area contributed by atoms with Crippen LogP contribution >= 0.6 is 22.5 Å². The van der Waals surface area contributed by atoms with E-state index in [0.29, 0.717) is 0 Å². The Hall–Kier alpha value is 0.690. The lowest BCUT2D eigenvalue weighted by Gasteiger charge is -2.29. The summed E-state index contributed by atoms with van der Waals surface area (Å²) in [7, 11) is -12.1. The molecular weight excluding hydrogens is 277 g/mol. The van der Waals surface area contributed by atoms with Crippen molar-refractivity contribution >= 4 is 22.5 Å². The van der Waals surface area contributed by atoms with Gasteiger partial charge in [-0.15, -0.1) is 0 Å². The molecule has 0 atom stereocenters. The van der Waals surface area contributed by atoms with Crippen LogP contribution in [0.25, 0.3) is 0 Å². The first kappa shape index (κ1) is 16.7. The van der Waals surface area contributed by atoms with Crippen LogP contribution in [-0.4, -0.2) is 55.9 Å². The number of hydrogen-bond donors (Lipinski definition) is 5. The second kappa shape index (κ2) is 4.75. The van der Waals surface area contributed by atoms with Crippen LogP contribution in [0.3, 0.4) is 0 Å². The maximum Gasteiger partial charge on any atom is 0.369 e. The summed E-state index contributed by atoms with van der Waals surface area (Å²) in [6, 6.07) is 0. The Balaban J connectivity index is 5.16. The molecule has 0 amide bonds. The standard InChI is InChI=1S/C6H17O7P3/c1-14(2,3)5-4-6(7,15(8,9)10)16(11,12)13/h7H,4-5H2,1-3H3,(H3-,8,9,10,11,12,13)/p+1. The van der Waals surface area contributed by atoms with Gasteiger partial charge in [0.1, 0.15) is 0 Å². The lowest BCUT2D eigenvalue weighted by atomic mass is 10.5. The zero-order chi connectivity index (χ0) is 13.4. The average Bonchev–Trinajstić information content (AvgIpc) is 1.93. The smallest absolute Gasteiger partial charge is 0.367 e. The SMILES string of the molecule is C[P+](C)(C)CCC(O)(P(=O)(O)O)P(=O)(O)O. The van der Waals surface area contributed by atoms with E-state index in [2.05, 4.69) is 0 Å². The maximum absolute atomic E-state index is 11.0. The van der Waals surface area contributed by atoms with Crippen molar-refractivity contribution in [1.82, 2.24) is 0 Å². The molecule has 98 valence electrons. The van der Waals surface area contributed by atoms with Crippen LogP contribution in [0.4, 0.5) is 0 Å². The molecule has 0 radical (unpaired) electrons. The van der Waals surface area contributed by atoms with Gasteiger partial charge in [0, 0.05) is 33.7 Å². The minimum atomic E-state index is -5.29. The third-order valence-corrected chi connectivity index (χ3v) is 7.49. The molecule has 0 rings (SSSR count). The molecule has 0 spiro atoms. The highest BCUT2D eigenvalue weighted by Gasteiger charge is 2.59. The van der Waals surface area contributed by atoms with Crippen molar-refractivity contribution in [2.24, 2.45) is 0 Å². The highest BCUT2D eigenvalue weighted by atomic mass is 31.2. The van der Waals surface area contributed by atoms with Gasteiger partial charge in [-0.25, -0.2) is 0 Å². The van der Waals surface area contributed by atoms with Crippen LogP contribution in [0, 0.1) is 0 Å². The zero-order valence-electron chi connectivity index (χ0n) is 9.31. The Morgan fingerprint density at radius 2 is 1.31 bits per heavy atom. The van der Waals surface area contributed by atoms with Crippen LogP contribution in [0.5, 0.6) is 0 Å². The van der Waals surface area contributed by atoms with Gasteiger partial charge in [0.25, 0.3) is 5.08 Å². The fourth-order valence-corrected chi connectivity index (χ4v) is 4.46. The van der Waals surface area contributed by atoms with Crippen molar-refractivity contribution in [2.75, 3.05) is 26.2 Å². The molecule has 0 aliphatic rings.